The fraction of sp³-hybridized carbons (Fsp3) is 0.154. The molecule has 19 heavy (non-hydrogen) atoms. The van der Waals surface area contributed by atoms with E-state index in [9.17, 15) is 18.0 Å². The van der Waals surface area contributed by atoms with Gasteiger partial charge in [0, 0.05) is 24.3 Å². The first-order valence-electron chi connectivity index (χ1n) is 5.31. The second kappa shape index (κ2) is 6.63. The first-order chi connectivity index (χ1) is 8.93. The Morgan fingerprint density at radius 2 is 1.89 bits per heavy atom. The van der Waals surface area contributed by atoms with E-state index in [1.54, 1.807) is 0 Å². The number of halogens is 3. The van der Waals surface area contributed by atoms with Gasteiger partial charge in [0.25, 0.3) is 0 Å². The summed E-state index contributed by atoms with van der Waals surface area (Å²) in [6.07, 6.45) is 2.09. The van der Waals surface area contributed by atoms with Gasteiger partial charge in [0.15, 0.2) is 11.6 Å². The van der Waals surface area contributed by atoms with Crippen molar-refractivity contribution in [2.24, 2.45) is 5.73 Å². The molecule has 6 heteroatoms. The molecule has 0 aromatic heterocycles. The first kappa shape index (κ1) is 14.8. The Balaban J connectivity index is 2.79. The topological polar surface area (TPSA) is 52.3 Å². The van der Waals surface area contributed by atoms with Crippen molar-refractivity contribution in [2.45, 2.75) is 6.42 Å². The lowest BCUT2D eigenvalue weighted by molar-refractivity contribution is -0.136. The summed E-state index contributed by atoms with van der Waals surface area (Å²) in [5.74, 6) is -4.12. The second-order valence-corrected chi connectivity index (χ2v) is 3.67. The molecule has 0 saturated heterocycles. The molecule has 0 atom stereocenters. The molecule has 0 radical (unpaired) electrons. The van der Waals surface area contributed by atoms with Crippen molar-refractivity contribution >= 4 is 5.97 Å². The minimum absolute atomic E-state index is 0.0160. The molecule has 102 valence electrons. The number of rotatable bonds is 5. The first-order valence-corrected chi connectivity index (χ1v) is 5.31. The van der Waals surface area contributed by atoms with E-state index in [0.29, 0.717) is 12.1 Å². The molecular formula is C13H12F3NO2. The van der Waals surface area contributed by atoms with E-state index in [1.165, 1.54) is 6.08 Å². The average molecular weight is 271 g/mol. The van der Waals surface area contributed by atoms with Crippen molar-refractivity contribution < 1.29 is 22.7 Å². The molecule has 1 aromatic carbocycles. The molecular weight excluding hydrogens is 259 g/mol. The minimum atomic E-state index is -1.28. The Bertz CT molecular complexity index is 527. The van der Waals surface area contributed by atoms with Gasteiger partial charge in [0.05, 0.1) is 0 Å². The standard InChI is InChI=1S/C13H12F3NO2/c1-2-3-19-13(18)6-9(17)4-8-5-11(15)12(16)7-10(8)14/h2,5-7H,1,3-4,17H2/b9-6-. The molecule has 0 spiro atoms. The van der Waals surface area contributed by atoms with Gasteiger partial charge in [0.1, 0.15) is 12.4 Å². The molecule has 1 rings (SSSR count). The predicted molar refractivity (Wildman–Crippen MR) is 63.4 cm³/mol. The predicted octanol–water partition coefficient (Wildman–Crippen LogP) is 2.22. The van der Waals surface area contributed by atoms with Crippen LogP contribution >= 0.6 is 0 Å². The molecule has 0 unspecified atom stereocenters. The smallest absolute Gasteiger partial charge is 0.332 e. The molecule has 0 aliphatic rings. The maximum atomic E-state index is 13.3. The van der Waals surface area contributed by atoms with Crippen LogP contribution in [0, 0.1) is 17.5 Å². The van der Waals surface area contributed by atoms with Crippen LogP contribution in [0.5, 0.6) is 0 Å². The number of ether oxygens (including phenoxy) is 1. The SMILES string of the molecule is C=CCOC(=O)/C=C(\N)Cc1cc(F)c(F)cc1F. The van der Waals surface area contributed by atoms with Crippen LogP contribution in [0.1, 0.15) is 5.56 Å². The fourth-order valence-electron chi connectivity index (χ4n) is 1.30. The van der Waals surface area contributed by atoms with Gasteiger partial charge in [-0.1, -0.05) is 12.7 Å². The van der Waals surface area contributed by atoms with Gasteiger partial charge in [-0.15, -0.1) is 0 Å². The second-order valence-electron chi connectivity index (χ2n) is 3.67. The van der Waals surface area contributed by atoms with Crippen molar-refractivity contribution in [2.75, 3.05) is 6.61 Å². The number of benzene rings is 1. The van der Waals surface area contributed by atoms with Gasteiger partial charge in [-0.25, -0.2) is 18.0 Å². The summed E-state index contributed by atoms with van der Waals surface area (Å²) >= 11 is 0. The number of carbonyl (C=O) groups is 1. The zero-order valence-electron chi connectivity index (χ0n) is 9.96. The molecule has 0 fully saturated rings. The van der Waals surface area contributed by atoms with Crippen LogP contribution in [0.4, 0.5) is 13.2 Å². The van der Waals surface area contributed by atoms with E-state index in [1.807, 2.05) is 0 Å². The number of hydrogen-bond acceptors (Lipinski definition) is 3. The quantitative estimate of drug-likeness (QED) is 0.386. The molecule has 0 heterocycles. The maximum Gasteiger partial charge on any atom is 0.332 e. The Kier molecular flexibility index (Phi) is 5.17. The maximum absolute atomic E-state index is 13.3. The normalized spacial score (nSPS) is 11.2. The summed E-state index contributed by atoms with van der Waals surface area (Å²) in [6, 6.07) is 1.12. The van der Waals surface area contributed by atoms with Crippen molar-refractivity contribution in [1.82, 2.24) is 0 Å². The monoisotopic (exact) mass is 271 g/mol. The zero-order chi connectivity index (χ0) is 14.4. The number of allylic oxidation sites excluding steroid dienone is 1. The molecule has 3 nitrogen and oxygen atoms in total. The van der Waals surface area contributed by atoms with Crippen LogP contribution in [0.2, 0.25) is 0 Å². The summed E-state index contributed by atoms with van der Waals surface area (Å²) in [7, 11) is 0. The van der Waals surface area contributed by atoms with Crippen LogP contribution in [0.3, 0.4) is 0 Å². The Hall–Kier alpha value is -2.24. The molecule has 0 aliphatic heterocycles. The Morgan fingerprint density at radius 3 is 2.53 bits per heavy atom. The van der Waals surface area contributed by atoms with Gasteiger partial charge in [-0.05, 0) is 11.6 Å². The molecule has 0 saturated carbocycles. The van der Waals surface area contributed by atoms with Gasteiger partial charge < -0.3 is 10.5 Å². The van der Waals surface area contributed by atoms with E-state index in [-0.39, 0.29) is 24.3 Å². The fourth-order valence-corrected chi connectivity index (χ4v) is 1.30. The van der Waals surface area contributed by atoms with Crippen LogP contribution in [0.15, 0.2) is 36.6 Å². The third-order valence-corrected chi connectivity index (χ3v) is 2.13. The summed E-state index contributed by atoms with van der Waals surface area (Å²) in [6.45, 7) is 3.37. The lowest BCUT2D eigenvalue weighted by atomic mass is 10.1. The van der Waals surface area contributed by atoms with E-state index >= 15 is 0 Å². The van der Waals surface area contributed by atoms with E-state index in [2.05, 4.69) is 11.3 Å². The summed E-state index contributed by atoms with van der Waals surface area (Å²) in [5, 5.41) is 0. The number of esters is 1. The summed E-state index contributed by atoms with van der Waals surface area (Å²) in [4.78, 5) is 11.2. The molecule has 1 aromatic rings. The van der Waals surface area contributed by atoms with Gasteiger partial charge >= 0.3 is 5.97 Å². The average Bonchev–Trinajstić information content (AvgIpc) is 2.33. The highest BCUT2D eigenvalue weighted by Crippen LogP contribution is 2.15. The van der Waals surface area contributed by atoms with Crippen molar-refractivity contribution in [1.29, 1.82) is 0 Å². The zero-order valence-corrected chi connectivity index (χ0v) is 9.96. The highest BCUT2D eigenvalue weighted by molar-refractivity contribution is 5.82. The minimum Gasteiger partial charge on any atom is -0.458 e. The van der Waals surface area contributed by atoms with Crippen LogP contribution in [0.25, 0.3) is 0 Å². The van der Waals surface area contributed by atoms with Gasteiger partial charge in [-0.3, -0.25) is 0 Å². The van der Waals surface area contributed by atoms with Crippen molar-refractivity contribution in [3.63, 3.8) is 0 Å². The molecule has 0 bridgehead atoms. The number of carbonyl (C=O) groups excluding carboxylic acids is 1. The lowest BCUT2D eigenvalue weighted by Crippen LogP contribution is -2.09. The van der Waals surface area contributed by atoms with E-state index in [4.69, 9.17) is 5.73 Å². The highest BCUT2D eigenvalue weighted by Gasteiger charge is 2.11. The Morgan fingerprint density at radius 1 is 1.26 bits per heavy atom. The number of nitrogens with two attached hydrogens (primary N) is 1. The summed E-state index contributed by atoms with van der Waals surface area (Å²) < 4.78 is 43.6. The van der Waals surface area contributed by atoms with Gasteiger partial charge in [0.2, 0.25) is 0 Å². The van der Waals surface area contributed by atoms with Crippen molar-refractivity contribution in [3.8, 4) is 0 Å². The molecule has 2 N–H and O–H groups in total. The van der Waals surface area contributed by atoms with Crippen LogP contribution < -0.4 is 5.73 Å². The molecule has 0 aliphatic carbocycles. The third kappa shape index (κ3) is 4.50. The lowest BCUT2D eigenvalue weighted by Gasteiger charge is -2.05. The van der Waals surface area contributed by atoms with E-state index < -0.39 is 23.4 Å². The Labute approximate surface area is 108 Å². The number of hydrogen-bond donors (Lipinski definition) is 1. The highest BCUT2D eigenvalue weighted by atomic mass is 19.2. The van der Waals surface area contributed by atoms with Gasteiger partial charge in [-0.2, -0.15) is 0 Å². The van der Waals surface area contributed by atoms with Crippen LogP contribution in [-0.2, 0) is 16.0 Å². The third-order valence-electron chi connectivity index (χ3n) is 2.13. The summed E-state index contributed by atoms with van der Waals surface area (Å²) in [5.41, 5.74) is 5.31. The van der Waals surface area contributed by atoms with Crippen LogP contribution in [-0.4, -0.2) is 12.6 Å². The van der Waals surface area contributed by atoms with E-state index in [0.717, 1.165) is 6.08 Å². The molecule has 0 amide bonds. The van der Waals surface area contributed by atoms with Crippen molar-refractivity contribution in [3.05, 3.63) is 59.6 Å². The largest absolute Gasteiger partial charge is 0.458 e.